The van der Waals surface area contributed by atoms with Crippen LogP contribution in [0.4, 0.5) is 5.82 Å². The van der Waals surface area contributed by atoms with Gasteiger partial charge in [-0.15, -0.1) is 0 Å². The highest BCUT2D eigenvalue weighted by atomic mass is 16.2. The van der Waals surface area contributed by atoms with Gasteiger partial charge in [0.25, 0.3) is 5.91 Å². The Morgan fingerprint density at radius 3 is 2.67 bits per heavy atom. The van der Waals surface area contributed by atoms with Gasteiger partial charge in [-0.1, -0.05) is 31.2 Å². The van der Waals surface area contributed by atoms with Crippen LogP contribution in [-0.4, -0.2) is 22.8 Å². The molecule has 21 heavy (non-hydrogen) atoms. The van der Waals surface area contributed by atoms with Crippen LogP contribution in [0.15, 0.2) is 36.4 Å². The number of rotatable bonds is 4. The van der Waals surface area contributed by atoms with Crippen molar-refractivity contribution >= 4 is 11.7 Å². The minimum atomic E-state index is -0.0398. The van der Waals surface area contributed by atoms with Gasteiger partial charge < -0.3 is 10.6 Å². The summed E-state index contributed by atoms with van der Waals surface area (Å²) in [6, 6.07) is 11.5. The van der Waals surface area contributed by atoms with Gasteiger partial charge in [0.2, 0.25) is 0 Å². The SMILES string of the molecule is CCc1cc(C(=O)N(C)Cc2ccccc2C)cc(N)n1. The monoisotopic (exact) mass is 283 g/mol. The number of aryl methyl sites for hydroxylation is 2. The molecule has 0 aliphatic carbocycles. The first-order valence-electron chi connectivity index (χ1n) is 7.07. The highest BCUT2D eigenvalue weighted by Crippen LogP contribution is 2.14. The maximum atomic E-state index is 12.5. The van der Waals surface area contributed by atoms with Gasteiger partial charge >= 0.3 is 0 Å². The second-order valence-electron chi connectivity index (χ2n) is 5.21. The molecular formula is C17H21N3O. The molecule has 4 heteroatoms. The van der Waals surface area contributed by atoms with Gasteiger partial charge in [-0.3, -0.25) is 4.79 Å². The van der Waals surface area contributed by atoms with Crippen LogP contribution in [0, 0.1) is 6.92 Å². The average Bonchev–Trinajstić information content (AvgIpc) is 2.48. The van der Waals surface area contributed by atoms with Crippen LogP contribution in [0.5, 0.6) is 0 Å². The summed E-state index contributed by atoms with van der Waals surface area (Å²) in [6.07, 6.45) is 0.757. The molecule has 0 aliphatic rings. The van der Waals surface area contributed by atoms with Crippen LogP contribution in [0.3, 0.4) is 0 Å². The van der Waals surface area contributed by atoms with Crippen LogP contribution < -0.4 is 5.73 Å². The number of hydrogen-bond acceptors (Lipinski definition) is 3. The van der Waals surface area contributed by atoms with E-state index in [-0.39, 0.29) is 5.91 Å². The Balaban J connectivity index is 2.20. The fourth-order valence-electron chi connectivity index (χ4n) is 2.25. The van der Waals surface area contributed by atoms with Gasteiger partial charge in [-0.05, 0) is 36.6 Å². The topological polar surface area (TPSA) is 59.2 Å². The van der Waals surface area contributed by atoms with Gasteiger partial charge in [0.1, 0.15) is 5.82 Å². The molecule has 0 radical (unpaired) electrons. The molecule has 0 fully saturated rings. The number of amides is 1. The molecule has 0 bridgehead atoms. The standard InChI is InChI=1S/C17H21N3O/c1-4-15-9-14(10-16(18)19-15)17(21)20(3)11-13-8-6-5-7-12(13)2/h5-10H,4,11H2,1-3H3,(H2,18,19). The molecule has 1 heterocycles. The average molecular weight is 283 g/mol. The van der Waals surface area contributed by atoms with Crippen molar-refractivity contribution in [1.29, 1.82) is 0 Å². The predicted octanol–water partition coefficient (Wildman–Crippen LogP) is 2.81. The summed E-state index contributed by atoms with van der Waals surface area (Å²) in [5.41, 5.74) is 9.52. The van der Waals surface area contributed by atoms with E-state index in [0.717, 1.165) is 17.7 Å². The molecule has 1 aromatic heterocycles. The van der Waals surface area contributed by atoms with E-state index < -0.39 is 0 Å². The third-order valence-corrected chi connectivity index (χ3v) is 3.52. The predicted molar refractivity (Wildman–Crippen MR) is 85.0 cm³/mol. The fraction of sp³-hybridized carbons (Fsp3) is 0.294. The van der Waals surface area contributed by atoms with E-state index in [1.165, 1.54) is 5.56 Å². The smallest absolute Gasteiger partial charge is 0.254 e. The van der Waals surface area contributed by atoms with E-state index in [9.17, 15) is 4.79 Å². The molecule has 2 N–H and O–H groups in total. The summed E-state index contributed by atoms with van der Waals surface area (Å²) < 4.78 is 0. The summed E-state index contributed by atoms with van der Waals surface area (Å²) in [5, 5.41) is 0. The molecule has 0 saturated heterocycles. The van der Waals surface area contributed by atoms with Crippen LogP contribution in [0.1, 0.15) is 34.1 Å². The lowest BCUT2D eigenvalue weighted by molar-refractivity contribution is 0.0784. The second kappa shape index (κ2) is 6.39. The number of carbonyl (C=O) groups is 1. The van der Waals surface area contributed by atoms with Crippen LogP contribution in [0.2, 0.25) is 0 Å². The minimum absolute atomic E-state index is 0.0398. The van der Waals surface area contributed by atoms with Gasteiger partial charge in [0, 0.05) is 24.8 Å². The van der Waals surface area contributed by atoms with E-state index in [2.05, 4.69) is 4.98 Å². The Bertz CT molecular complexity index is 652. The zero-order valence-corrected chi connectivity index (χ0v) is 12.8. The Hall–Kier alpha value is -2.36. The van der Waals surface area contributed by atoms with Gasteiger partial charge in [-0.25, -0.2) is 4.98 Å². The van der Waals surface area contributed by atoms with E-state index in [0.29, 0.717) is 17.9 Å². The van der Waals surface area contributed by atoms with Crippen LogP contribution >= 0.6 is 0 Å². The third-order valence-electron chi connectivity index (χ3n) is 3.52. The molecule has 1 aromatic carbocycles. The van der Waals surface area contributed by atoms with E-state index >= 15 is 0 Å². The lowest BCUT2D eigenvalue weighted by atomic mass is 10.1. The number of nitrogen functional groups attached to an aromatic ring is 1. The van der Waals surface area contributed by atoms with E-state index in [1.807, 2.05) is 44.2 Å². The van der Waals surface area contributed by atoms with Gasteiger partial charge in [0.15, 0.2) is 0 Å². The van der Waals surface area contributed by atoms with E-state index in [4.69, 9.17) is 5.73 Å². The van der Waals surface area contributed by atoms with Crippen LogP contribution in [-0.2, 0) is 13.0 Å². The number of carbonyl (C=O) groups excluding carboxylic acids is 1. The lowest BCUT2D eigenvalue weighted by Gasteiger charge is -2.19. The van der Waals surface area contributed by atoms with Gasteiger partial charge in [0.05, 0.1) is 0 Å². The first-order chi connectivity index (χ1) is 10.0. The maximum absolute atomic E-state index is 12.5. The summed E-state index contributed by atoms with van der Waals surface area (Å²) in [4.78, 5) is 18.4. The number of aromatic nitrogens is 1. The molecule has 0 saturated carbocycles. The van der Waals surface area contributed by atoms with Crippen molar-refractivity contribution in [1.82, 2.24) is 9.88 Å². The molecule has 110 valence electrons. The Labute approximate surface area is 125 Å². The molecule has 4 nitrogen and oxygen atoms in total. The van der Waals surface area contributed by atoms with E-state index in [1.54, 1.807) is 18.0 Å². The quantitative estimate of drug-likeness (QED) is 0.938. The van der Waals surface area contributed by atoms with Crippen molar-refractivity contribution in [2.45, 2.75) is 26.8 Å². The molecule has 0 unspecified atom stereocenters. The number of hydrogen-bond donors (Lipinski definition) is 1. The Kier molecular flexibility index (Phi) is 4.58. The van der Waals surface area contributed by atoms with Crippen molar-refractivity contribution in [3.05, 3.63) is 58.8 Å². The third kappa shape index (κ3) is 3.60. The lowest BCUT2D eigenvalue weighted by Crippen LogP contribution is -2.26. The normalized spacial score (nSPS) is 10.4. The van der Waals surface area contributed by atoms with Crippen molar-refractivity contribution in [3.63, 3.8) is 0 Å². The minimum Gasteiger partial charge on any atom is -0.384 e. The number of benzene rings is 1. The fourth-order valence-corrected chi connectivity index (χ4v) is 2.25. The molecule has 2 aromatic rings. The number of nitrogens with zero attached hydrogens (tertiary/aromatic N) is 2. The molecule has 0 aliphatic heterocycles. The summed E-state index contributed by atoms with van der Waals surface area (Å²) in [5.74, 6) is 0.351. The molecule has 1 amide bonds. The summed E-state index contributed by atoms with van der Waals surface area (Å²) in [7, 11) is 1.80. The first kappa shape index (κ1) is 15.0. The largest absolute Gasteiger partial charge is 0.384 e. The van der Waals surface area contributed by atoms with Crippen molar-refractivity contribution in [3.8, 4) is 0 Å². The zero-order valence-electron chi connectivity index (χ0n) is 12.8. The summed E-state index contributed by atoms with van der Waals surface area (Å²) in [6.45, 7) is 4.62. The Morgan fingerprint density at radius 1 is 1.29 bits per heavy atom. The summed E-state index contributed by atoms with van der Waals surface area (Å²) >= 11 is 0. The second-order valence-corrected chi connectivity index (χ2v) is 5.21. The van der Waals surface area contributed by atoms with Crippen molar-refractivity contribution < 1.29 is 4.79 Å². The molecule has 0 atom stereocenters. The number of anilines is 1. The van der Waals surface area contributed by atoms with Crippen LogP contribution in [0.25, 0.3) is 0 Å². The first-order valence-corrected chi connectivity index (χ1v) is 7.07. The van der Waals surface area contributed by atoms with Crippen molar-refractivity contribution in [2.75, 3.05) is 12.8 Å². The maximum Gasteiger partial charge on any atom is 0.254 e. The number of nitrogens with two attached hydrogens (primary N) is 1. The highest BCUT2D eigenvalue weighted by molar-refractivity contribution is 5.94. The van der Waals surface area contributed by atoms with Gasteiger partial charge in [-0.2, -0.15) is 0 Å². The molecule has 2 rings (SSSR count). The highest BCUT2D eigenvalue weighted by Gasteiger charge is 2.14. The Morgan fingerprint density at radius 2 is 2.00 bits per heavy atom. The van der Waals surface area contributed by atoms with Crippen molar-refractivity contribution in [2.24, 2.45) is 0 Å². The molecule has 0 spiro atoms. The zero-order chi connectivity index (χ0) is 15.4. The molecular weight excluding hydrogens is 262 g/mol. The number of pyridine rings is 1.